The van der Waals surface area contributed by atoms with E-state index in [4.69, 9.17) is 23.2 Å². The number of halogens is 2. The van der Waals surface area contributed by atoms with Gasteiger partial charge in [-0.05, 0) is 35.9 Å². The molecule has 2 aromatic carbocycles. The summed E-state index contributed by atoms with van der Waals surface area (Å²) in [4.78, 5) is 11.1. The summed E-state index contributed by atoms with van der Waals surface area (Å²) in [5, 5.41) is 7.50. The zero-order valence-corrected chi connectivity index (χ0v) is 17.0. The highest BCUT2D eigenvalue weighted by atomic mass is 35.5. The van der Waals surface area contributed by atoms with E-state index in [0.717, 1.165) is 5.56 Å². The van der Waals surface area contributed by atoms with E-state index < -0.39 is 10.0 Å². The first-order chi connectivity index (χ1) is 13.2. The number of nitrogens with one attached hydrogen (secondary N) is 2. The van der Waals surface area contributed by atoms with Crippen molar-refractivity contribution in [1.29, 1.82) is 0 Å². The Morgan fingerprint density at radius 3 is 2.39 bits per heavy atom. The van der Waals surface area contributed by atoms with Crippen molar-refractivity contribution < 1.29 is 13.2 Å². The van der Waals surface area contributed by atoms with Crippen molar-refractivity contribution in [3.8, 4) is 0 Å². The normalized spacial score (nSPS) is 11.2. The number of hydrogen-bond acceptors (Lipinski definition) is 4. The lowest BCUT2D eigenvalue weighted by Gasteiger charge is -2.08. The van der Waals surface area contributed by atoms with E-state index in [-0.39, 0.29) is 21.6 Å². The number of aromatic nitrogens is 2. The number of benzene rings is 2. The first kappa shape index (κ1) is 20.2. The third-order valence-electron chi connectivity index (χ3n) is 3.72. The van der Waals surface area contributed by atoms with Gasteiger partial charge in [0.1, 0.15) is 5.02 Å². The summed E-state index contributed by atoms with van der Waals surface area (Å²) in [6.45, 7) is 1.71. The summed E-state index contributed by atoms with van der Waals surface area (Å²) >= 11 is 12.3. The van der Waals surface area contributed by atoms with Crippen LogP contribution < -0.4 is 10.0 Å². The van der Waals surface area contributed by atoms with Crippen LogP contribution in [0.2, 0.25) is 10.0 Å². The molecule has 0 spiro atoms. The zero-order chi connectivity index (χ0) is 20.3. The van der Waals surface area contributed by atoms with E-state index in [2.05, 4.69) is 15.1 Å². The maximum absolute atomic E-state index is 12.6. The zero-order valence-electron chi connectivity index (χ0n) is 14.7. The van der Waals surface area contributed by atoms with Crippen molar-refractivity contribution in [1.82, 2.24) is 9.78 Å². The Morgan fingerprint density at radius 2 is 1.75 bits per heavy atom. The van der Waals surface area contributed by atoms with Gasteiger partial charge in [0.2, 0.25) is 5.91 Å². The molecule has 0 fully saturated rings. The first-order valence-corrected chi connectivity index (χ1v) is 10.4. The van der Waals surface area contributed by atoms with Gasteiger partial charge < -0.3 is 5.32 Å². The molecular weight excluding hydrogens is 423 g/mol. The van der Waals surface area contributed by atoms with Crippen LogP contribution in [-0.4, -0.2) is 24.1 Å². The maximum Gasteiger partial charge on any atom is 0.263 e. The van der Waals surface area contributed by atoms with Crippen molar-refractivity contribution >= 4 is 50.6 Å². The molecule has 0 aliphatic rings. The largest absolute Gasteiger partial charge is 0.326 e. The molecule has 146 valence electrons. The van der Waals surface area contributed by atoms with Gasteiger partial charge in [-0.15, -0.1) is 0 Å². The lowest BCUT2D eigenvalue weighted by atomic mass is 10.2. The van der Waals surface area contributed by atoms with Gasteiger partial charge >= 0.3 is 0 Å². The standard InChI is InChI=1S/C18H16Cl2N4O3S/c1-12(25)21-14-6-8-15(9-7-14)28(26,27)23-18-17(20)11-24(22-18)10-13-4-2-3-5-16(13)19/h2-9,11H,10H2,1H3,(H,21,25)(H,22,23). The third-order valence-corrected chi connectivity index (χ3v) is 5.72. The molecule has 0 unspecified atom stereocenters. The molecule has 0 radical (unpaired) electrons. The number of rotatable bonds is 6. The molecule has 28 heavy (non-hydrogen) atoms. The predicted molar refractivity (Wildman–Crippen MR) is 109 cm³/mol. The highest BCUT2D eigenvalue weighted by Crippen LogP contribution is 2.25. The van der Waals surface area contributed by atoms with Crippen LogP contribution in [0.5, 0.6) is 0 Å². The summed E-state index contributed by atoms with van der Waals surface area (Å²) in [7, 11) is -3.90. The first-order valence-electron chi connectivity index (χ1n) is 8.11. The fourth-order valence-corrected chi connectivity index (χ4v) is 3.92. The third kappa shape index (κ3) is 4.83. The predicted octanol–water partition coefficient (Wildman–Crippen LogP) is 4.00. The Kier molecular flexibility index (Phi) is 5.93. The number of nitrogens with zero attached hydrogens (tertiary/aromatic N) is 2. The van der Waals surface area contributed by atoms with Gasteiger partial charge in [0.05, 0.1) is 11.4 Å². The monoisotopic (exact) mass is 438 g/mol. The van der Waals surface area contributed by atoms with Gasteiger partial charge in [0.25, 0.3) is 10.0 Å². The second kappa shape index (κ2) is 8.22. The maximum atomic E-state index is 12.6. The van der Waals surface area contributed by atoms with Crippen LogP contribution in [0, 0.1) is 0 Å². The van der Waals surface area contributed by atoms with Crippen molar-refractivity contribution in [2.45, 2.75) is 18.4 Å². The van der Waals surface area contributed by atoms with Crippen molar-refractivity contribution in [3.05, 3.63) is 70.3 Å². The van der Waals surface area contributed by atoms with E-state index in [1.165, 1.54) is 42.1 Å². The molecule has 3 aromatic rings. The SMILES string of the molecule is CC(=O)Nc1ccc(S(=O)(=O)Nc2nn(Cc3ccccc3Cl)cc2Cl)cc1. The number of carbonyl (C=O) groups is 1. The summed E-state index contributed by atoms with van der Waals surface area (Å²) in [5.41, 5.74) is 1.32. The Balaban J connectivity index is 1.78. The minimum Gasteiger partial charge on any atom is -0.326 e. The van der Waals surface area contributed by atoms with E-state index in [1.54, 1.807) is 6.07 Å². The summed E-state index contributed by atoms with van der Waals surface area (Å²) in [6, 6.07) is 13.0. The van der Waals surface area contributed by atoms with Crippen LogP contribution in [-0.2, 0) is 21.4 Å². The van der Waals surface area contributed by atoms with Crippen LogP contribution >= 0.6 is 23.2 Å². The van der Waals surface area contributed by atoms with Gasteiger partial charge in [-0.3, -0.25) is 14.2 Å². The van der Waals surface area contributed by atoms with Crippen molar-refractivity contribution in [2.75, 3.05) is 10.0 Å². The van der Waals surface area contributed by atoms with Crippen LogP contribution in [0.25, 0.3) is 0 Å². The van der Waals surface area contributed by atoms with E-state index in [9.17, 15) is 13.2 Å². The lowest BCUT2D eigenvalue weighted by Crippen LogP contribution is -2.14. The Bertz CT molecular complexity index is 1110. The van der Waals surface area contributed by atoms with Crippen LogP contribution in [0.15, 0.2) is 59.6 Å². The molecular formula is C18H16Cl2N4O3S. The Morgan fingerprint density at radius 1 is 1.07 bits per heavy atom. The van der Waals surface area contributed by atoms with Crippen LogP contribution in [0.1, 0.15) is 12.5 Å². The molecule has 1 aromatic heterocycles. The molecule has 1 heterocycles. The number of carbonyl (C=O) groups excluding carboxylic acids is 1. The van der Waals surface area contributed by atoms with Gasteiger partial charge in [0.15, 0.2) is 5.82 Å². The molecule has 0 bridgehead atoms. The fourth-order valence-electron chi connectivity index (χ4n) is 2.46. The molecule has 0 aliphatic carbocycles. The average Bonchev–Trinajstić information content (AvgIpc) is 2.95. The fraction of sp³-hybridized carbons (Fsp3) is 0.111. The van der Waals surface area contributed by atoms with Gasteiger partial charge in [0, 0.05) is 23.8 Å². The quantitative estimate of drug-likeness (QED) is 0.607. The topological polar surface area (TPSA) is 93.1 Å². The average molecular weight is 439 g/mol. The molecule has 10 heteroatoms. The second-order valence-corrected chi connectivity index (χ2v) is 8.42. The van der Waals surface area contributed by atoms with E-state index in [1.807, 2.05) is 18.2 Å². The van der Waals surface area contributed by atoms with Crippen LogP contribution in [0.4, 0.5) is 11.5 Å². The molecule has 0 atom stereocenters. The minimum atomic E-state index is -3.90. The summed E-state index contributed by atoms with van der Waals surface area (Å²) in [6.07, 6.45) is 1.52. The second-order valence-electron chi connectivity index (χ2n) is 5.93. The highest BCUT2D eigenvalue weighted by Gasteiger charge is 2.18. The highest BCUT2D eigenvalue weighted by molar-refractivity contribution is 7.92. The van der Waals surface area contributed by atoms with E-state index in [0.29, 0.717) is 17.3 Å². The number of sulfonamides is 1. The van der Waals surface area contributed by atoms with E-state index >= 15 is 0 Å². The van der Waals surface area contributed by atoms with Crippen molar-refractivity contribution in [3.63, 3.8) is 0 Å². The molecule has 1 amide bonds. The molecule has 0 saturated heterocycles. The number of amides is 1. The van der Waals surface area contributed by atoms with Crippen molar-refractivity contribution in [2.24, 2.45) is 0 Å². The van der Waals surface area contributed by atoms with Gasteiger partial charge in [-0.25, -0.2) is 8.42 Å². The summed E-state index contributed by atoms with van der Waals surface area (Å²) in [5.74, 6) is -0.232. The number of anilines is 2. The summed E-state index contributed by atoms with van der Waals surface area (Å²) < 4.78 is 29.0. The Hall–Kier alpha value is -2.55. The molecule has 3 rings (SSSR count). The number of hydrogen-bond donors (Lipinski definition) is 2. The minimum absolute atomic E-state index is 0.0123. The Labute approximate surface area is 172 Å². The molecule has 7 nitrogen and oxygen atoms in total. The molecule has 0 aliphatic heterocycles. The van der Waals surface area contributed by atoms with Crippen LogP contribution in [0.3, 0.4) is 0 Å². The smallest absolute Gasteiger partial charge is 0.263 e. The lowest BCUT2D eigenvalue weighted by molar-refractivity contribution is -0.114. The molecule has 0 saturated carbocycles. The van der Waals surface area contributed by atoms with Gasteiger partial charge in [-0.1, -0.05) is 41.4 Å². The molecule has 2 N–H and O–H groups in total. The van der Waals surface area contributed by atoms with Gasteiger partial charge in [-0.2, -0.15) is 5.10 Å².